The Bertz CT molecular complexity index is 322. The summed E-state index contributed by atoms with van der Waals surface area (Å²) in [6.45, 7) is 0.990. The molecule has 0 aromatic carbocycles. The lowest BCUT2D eigenvalue weighted by atomic mass is 10.3. The van der Waals surface area contributed by atoms with E-state index in [1.807, 2.05) is 0 Å². The third kappa shape index (κ3) is 2.12. The SMILES string of the molecule is CC(F)c1cc(C(F)F)nn1CC=O. The maximum absolute atomic E-state index is 12.9. The summed E-state index contributed by atoms with van der Waals surface area (Å²) >= 11 is 0. The van der Waals surface area contributed by atoms with E-state index in [1.165, 1.54) is 6.92 Å². The fourth-order valence-electron chi connectivity index (χ4n) is 1.10. The number of halogens is 3. The summed E-state index contributed by atoms with van der Waals surface area (Å²) in [7, 11) is 0. The van der Waals surface area contributed by atoms with E-state index in [0.29, 0.717) is 6.29 Å². The first kappa shape index (κ1) is 10.7. The van der Waals surface area contributed by atoms with E-state index < -0.39 is 18.3 Å². The zero-order chi connectivity index (χ0) is 10.7. The van der Waals surface area contributed by atoms with Crippen molar-refractivity contribution in [2.24, 2.45) is 0 Å². The number of hydrogen-bond acceptors (Lipinski definition) is 2. The van der Waals surface area contributed by atoms with Crippen LogP contribution in [0.3, 0.4) is 0 Å². The average Bonchev–Trinajstić information content (AvgIpc) is 2.49. The van der Waals surface area contributed by atoms with Crippen molar-refractivity contribution in [3.63, 3.8) is 0 Å². The summed E-state index contributed by atoms with van der Waals surface area (Å²) in [4.78, 5) is 10.2. The maximum Gasteiger partial charge on any atom is 0.282 e. The van der Waals surface area contributed by atoms with E-state index in [4.69, 9.17) is 0 Å². The van der Waals surface area contributed by atoms with Gasteiger partial charge in [-0.05, 0) is 13.0 Å². The molecule has 0 amide bonds. The zero-order valence-corrected chi connectivity index (χ0v) is 7.45. The number of alkyl halides is 3. The van der Waals surface area contributed by atoms with Gasteiger partial charge in [0.2, 0.25) is 0 Å². The average molecular weight is 206 g/mol. The Hall–Kier alpha value is -1.33. The van der Waals surface area contributed by atoms with Crippen LogP contribution >= 0.6 is 0 Å². The number of carbonyl (C=O) groups is 1. The molecule has 1 aromatic rings. The maximum atomic E-state index is 12.9. The first-order valence-corrected chi connectivity index (χ1v) is 3.99. The molecule has 1 heterocycles. The van der Waals surface area contributed by atoms with Gasteiger partial charge >= 0.3 is 0 Å². The molecule has 0 aliphatic carbocycles. The molecule has 14 heavy (non-hydrogen) atoms. The van der Waals surface area contributed by atoms with Gasteiger partial charge in [0, 0.05) is 0 Å². The third-order valence-electron chi connectivity index (χ3n) is 1.71. The first-order chi connectivity index (χ1) is 6.56. The van der Waals surface area contributed by atoms with Gasteiger partial charge in [0.25, 0.3) is 6.43 Å². The molecule has 0 saturated carbocycles. The number of aldehydes is 1. The molecule has 1 rings (SSSR count). The van der Waals surface area contributed by atoms with Crippen LogP contribution in [0.4, 0.5) is 13.2 Å². The summed E-state index contributed by atoms with van der Waals surface area (Å²) in [5, 5.41) is 3.42. The predicted octanol–water partition coefficient (Wildman–Crippen LogP) is 2.05. The van der Waals surface area contributed by atoms with Gasteiger partial charge in [0.1, 0.15) is 18.2 Å². The molecular weight excluding hydrogens is 197 g/mol. The first-order valence-electron chi connectivity index (χ1n) is 3.99. The molecule has 1 atom stereocenters. The van der Waals surface area contributed by atoms with E-state index >= 15 is 0 Å². The second kappa shape index (κ2) is 4.26. The van der Waals surface area contributed by atoms with E-state index in [2.05, 4.69) is 5.10 Å². The normalized spacial score (nSPS) is 13.2. The Morgan fingerprint density at radius 1 is 1.57 bits per heavy atom. The summed E-state index contributed by atoms with van der Waals surface area (Å²) in [6.07, 6.45) is -3.69. The number of aromatic nitrogens is 2. The number of hydrogen-bond donors (Lipinski definition) is 0. The minimum atomic E-state index is -2.75. The molecule has 0 radical (unpaired) electrons. The van der Waals surface area contributed by atoms with Crippen LogP contribution < -0.4 is 0 Å². The van der Waals surface area contributed by atoms with Gasteiger partial charge in [-0.1, -0.05) is 0 Å². The van der Waals surface area contributed by atoms with Crippen molar-refractivity contribution < 1.29 is 18.0 Å². The van der Waals surface area contributed by atoms with Crippen molar-refractivity contribution in [3.8, 4) is 0 Å². The summed E-state index contributed by atoms with van der Waals surface area (Å²) in [6, 6.07) is 0.971. The van der Waals surface area contributed by atoms with Crippen LogP contribution in [0.1, 0.15) is 30.9 Å². The smallest absolute Gasteiger partial charge is 0.282 e. The molecule has 0 fully saturated rings. The van der Waals surface area contributed by atoms with Crippen molar-refractivity contribution in [3.05, 3.63) is 17.5 Å². The van der Waals surface area contributed by atoms with Gasteiger partial charge in [-0.2, -0.15) is 5.10 Å². The van der Waals surface area contributed by atoms with Gasteiger partial charge in [-0.3, -0.25) is 4.68 Å². The monoisotopic (exact) mass is 206 g/mol. The molecule has 78 valence electrons. The Balaban J connectivity index is 3.05. The van der Waals surface area contributed by atoms with Crippen molar-refractivity contribution in [2.45, 2.75) is 26.1 Å². The standard InChI is InChI=1S/C8H9F3N2O/c1-5(9)7-4-6(8(10)11)12-13(7)2-3-14/h3-5,8H,2H2,1H3. The highest BCUT2D eigenvalue weighted by Crippen LogP contribution is 2.23. The zero-order valence-electron chi connectivity index (χ0n) is 7.45. The number of rotatable bonds is 4. The molecule has 0 spiro atoms. The fourth-order valence-corrected chi connectivity index (χ4v) is 1.10. The highest BCUT2D eigenvalue weighted by Gasteiger charge is 2.18. The fraction of sp³-hybridized carbons (Fsp3) is 0.500. The van der Waals surface area contributed by atoms with Gasteiger partial charge in [-0.25, -0.2) is 13.2 Å². The number of carbonyl (C=O) groups excluding carboxylic acids is 1. The highest BCUT2D eigenvalue weighted by atomic mass is 19.3. The van der Waals surface area contributed by atoms with Gasteiger partial charge in [0.05, 0.1) is 12.2 Å². The molecule has 1 unspecified atom stereocenters. The summed E-state index contributed by atoms with van der Waals surface area (Å²) < 4.78 is 38.2. The van der Waals surface area contributed by atoms with E-state index in [0.717, 1.165) is 10.7 Å². The van der Waals surface area contributed by atoms with Crippen LogP contribution in [0.2, 0.25) is 0 Å². The minimum absolute atomic E-state index is 0.00704. The van der Waals surface area contributed by atoms with Gasteiger partial charge < -0.3 is 4.79 Å². The lowest BCUT2D eigenvalue weighted by Crippen LogP contribution is -2.06. The van der Waals surface area contributed by atoms with E-state index in [9.17, 15) is 18.0 Å². The Morgan fingerprint density at radius 2 is 2.21 bits per heavy atom. The number of nitrogens with zero attached hydrogens (tertiary/aromatic N) is 2. The Labute approximate surface area is 78.5 Å². The molecule has 0 aliphatic heterocycles. The van der Waals surface area contributed by atoms with Crippen molar-refractivity contribution in [2.75, 3.05) is 0 Å². The Morgan fingerprint density at radius 3 is 2.64 bits per heavy atom. The van der Waals surface area contributed by atoms with Crippen LogP contribution in [-0.2, 0) is 11.3 Å². The van der Waals surface area contributed by atoms with Crippen molar-refractivity contribution in [1.29, 1.82) is 0 Å². The van der Waals surface area contributed by atoms with Crippen LogP contribution in [-0.4, -0.2) is 16.1 Å². The predicted molar refractivity (Wildman–Crippen MR) is 42.8 cm³/mol. The van der Waals surface area contributed by atoms with Crippen molar-refractivity contribution in [1.82, 2.24) is 9.78 Å². The van der Waals surface area contributed by atoms with Gasteiger partial charge in [0.15, 0.2) is 0 Å². The molecule has 0 bridgehead atoms. The topological polar surface area (TPSA) is 34.9 Å². The minimum Gasteiger partial charge on any atom is -0.301 e. The lowest BCUT2D eigenvalue weighted by molar-refractivity contribution is -0.108. The molecule has 0 saturated heterocycles. The lowest BCUT2D eigenvalue weighted by Gasteiger charge is -2.02. The van der Waals surface area contributed by atoms with E-state index in [1.54, 1.807) is 0 Å². The Kier molecular flexibility index (Phi) is 3.27. The second-order valence-electron chi connectivity index (χ2n) is 2.76. The van der Waals surface area contributed by atoms with Crippen LogP contribution in [0.25, 0.3) is 0 Å². The quantitative estimate of drug-likeness (QED) is 0.706. The van der Waals surface area contributed by atoms with Crippen LogP contribution in [0, 0.1) is 0 Å². The molecule has 6 heteroatoms. The summed E-state index contributed by atoms with van der Waals surface area (Å²) in [5.41, 5.74) is -0.515. The van der Waals surface area contributed by atoms with Crippen molar-refractivity contribution >= 4 is 6.29 Å². The van der Waals surface area contributed by atoms with Gasteiger partial charge in [-0.15, -0.1) is 0 Å². The molecule has 0 N–H and O–H groups in total. The molecule has 0 aliphatic rings. The second-order valence-corrected chi connectivity index (χ2v) is 2.76. The van der Waals surface area contributed by atoms with Crippen LogP contribution in [0.15, 0.2) is 6.07 Å². The molecular formula is C8H9F3N2O. The van der Waals surface area contributed by atoms with Crippen LogP contribution in [0.5, 0.6) is 0 Å². The molecule has 1 aromatic heterocycles. The highest BCUT2D eigenvalue weighted by molar-refractivity contribution is 5.49. The van der Waals surface area contributed by atoms with E-state index in [-0.39, 0.29) is 12.2 Å². The molecule has 3 nitrogen and oxygen atoms in total. The largest absolute Gasteiger partial charge is 0.301 e. The third-order valence-corrected chi connectivity index (χ3v) is 1.71. The summed E-state index contributed by atoms with van der Waals surface area (Å²) in [5.74, 6) is 0.